The molecule has 0 aromatic heterocycles. The normalized spacial score (nSPS) is 19.1. The highest BCUT2D eigenvalue weighted by Gasteiger charge is 2.40. The number of hydrogen-bond acceptors (Lipinski definition) is 7. The maximum absolute atomic E-state index is 13.0. The van der Waals surface area contributed by atoms with Gasteiger partial charge in [-0.2, -0.15) is 0 Å². The van der Waals surface area contributed by atoms with Gasteiger partial charge >= 0.3 is 5.97 Å². The van der Waals surface area contributed by atoms with Crippen molar-refractivity contribution < 1.29 is 28.9 Å². The van der Waals surface area contributed by atoms with E-state index in [2.05, 4.69) is 5.32 Å². The number of carbonyl (C=O) groups excluding carboxylic acids is 2. The lowest BCUT2D eigenvalue weighted by atomic mass is 9.75. The van der Waals surface area contributed by atoms with E-state index >= 15 is 0 Å². The molecule has 1 atom stereocenters. The second-order valence-electron chi connectivity index (χ2n) is 7.49. The van der Waals surface area contributed by atoms with Crippen LogP contribution >= 0.6 is 0 Å². The van der Waals surface area contributed by atoms with Gasteiger partial charge in [-0.3, -0.25) is 4.79 Å². The third-order valence-electron chi connectivity index (χ3n) is 5.17. The molecule has 1 aliphatic carbocycles. The highest BCUT2D eigenvalue weighted by Crippen LogP contribution is 2.47. The summed E-state index contributed by atoms with van der Waals surface area (Å²) in [6.45, 7) is 5.37. The molecule has 2 aliphatic rings. The van der Waals surface area contributed by atoms with Crippen molar-refractivity contribution in [3.05, 3.63) is 40.2 Å². The number of rotatable bonds is 5. The third kappa shape index (κ3) is 3.81. The van der Waals surface area contributed by atoms with Crippen molar-refractivity contribution in [2.45, 2.75) is 52.1 Å². The van der Waals surface area contributed by atoms with Crippen LogP contribution < -0.4 is 14.8 Å². The number of phenolic OH excluding ortho intramolecular Hbond substituents is 1. The Morgan fingerprint density at radius 3 is 2.34 bits per heavy atom. The standard InChI is InChI=1S/C22H27NO6/c1-11(2)29-22(26)18-12(3)23-14-7-6-8-15(24)20(14)19(18)13-9-16(27-4)21(25)17(10-13)28-5/h9-11,19,23,25H,6-8H2,1-5H3/t19-/m0/s1. The van der Waals surface area contributed by atoms with E-state index in [1.165, 1.54) is 14.2 Å². The number of carbonyl (C=O) groups is 2. The lowest BCUT2D eigenvalue weighted by Gasteiger charge is -2.34. The fourth-order valence-electron chi connectivity index (χ4n) is 3.95. The van der Waals surface area contributed by atoms with E-state index in [-0.39, 0.29) is 29.1 Å². The minimum absolute atomic E-state index is 0.00268. The molecule has 156 valence electrons. The van der Waals surface area contributed by atoms with Gasteiger partial charge in [0.15, 0.2) is 17.3 Å². The van der Waals surface area contributed by atoms with Crippen LogP contribution in [0.1, 0.15) is 51.5 Å². The van der Waals surface area contributed by atoms with Crippen LogP contribution in [0, 0.1) is 0 Å². The first-order chi connectivity index (χ1) is 13.8. The average Bonchev–Trinajstić information content (AvgIpc) is 2.66. The Bertz CT molecular complexity index is 887. The summed E-state index contributed by atoms with van der Waals surface area (Å²) in [5.41, 5.74) is 3.04. The molecule has 0 spiro atoms. The Morgan fingerprint density at radius 1 is 1.17 bits per heavy atom. The maximum Gasteiger partial charge on any atom is 0.337 e. The van der Waals surface area contributed by atoms with Gasteiger partial charge in [0, 0.05) is 29.3 Å². The number of phenols is 1. The van der Waals surface area contributed by atoms with Gasteiger partial charge in [0.1, 0.15) is 0 Å². The fraction of sp³-hybridized carbons (Fsp3) is 0.455. The van der Waals surface area contributed by atoms with Crippen LogP contribution in [0.25, 0.3) is 0 Å². The summed E-state index contributed by atoms with van der Waals surface area (Å²) in [7, 11) is 2.87. The van der Waals surface area contributed by atoms with Crippen molar-refractivity contribution in [3.8, 4) is 17.2 Å². The fourth-order valence-corrected chi connectivity index (χ4v) is 3.95. The van der Waals surface area contributed by atoms with E-state index in [4.69, 9.17) is 14.2 Å². The molecule has 0 saturated carbocycles. The van der Waals surface area contributed by atoms with Gasteiger partial charge in [-0.1, -0.05) is 0 Å². The molecule has 1 heterocycles. The van der Waals surface area contributed by atoms with Crippen LogP contribution in [0.4, 0.5) is 0 Å². The SMILES string of the molecule is COc1cc([C@H]2C(C(=O)OC(C)C)=C(C)NC3=C2C(=O)CCC3)cc(OC)c1O. The minimum atomic E-state index is -0.631. The molecule has 1 aliphatic heterocycles. The number of ether oxygens (including phenoxy) is 3. The van der Waals surface area contributed by atoms with Crippen molar-refractivity contribution in [2.75, 3.05) is 14.2 Å². The molecular weight excluding hydrogens is 374 g/mol. The van der Waals surface area contributed by atoms with Crippen LogP contribution in [-0.2, 0) is 14.3 Å². The smallest absolute Gasteiger partial charge is 0.337 e. The Morgan fingerprint density at radius 2 is 1.79 bits per heavy atom. The molecule has 7 nitrogen and oxygen atoms in total. The summed E-state index contributed by atoms with van der Waals surface area (Å²) in [5, 5.41) is 13.5. The molecule has 0 fully saturated rings. The van der Waals surface area contributed by atoms with Crippen LogP contribution in [-0.4, -0.2) is 37.2 Å². The van der Waals surface area contributed by atoms with E-state index in [1.807, 2.05) is 6.92 Å². The highest BCUT2D eigenvalue weighted by atomic mass is 16.5. The molecule has 0 saturated heterocycles. The van der Waals surface area contributed by atoms with Crippen molar-refractivity contribution in [1.82, 2.24) is 5.32 Å². The van der Waals surface area contributed by atoms with Crippen molar-refractivity contribution >= 4 is 11.8 Å². The molecule has 29 heavy (non-hydrogen) atoms. The summed E-state index contributed by atoms with van der Waals surface area (Å²) in [6.07, 6.45) is 1.62. The largest absolute Gasteiger partial charge is 0.502 e. The number of allylic oxidation sites excluding steroid dienone is 3. The van der Waals surface area contributed by atoms with Crippen LogP contribution in [0.5, 0.6) is 17.2 Å². The Balaban J connectivity index is 2.23. The monoisotopic (exact) mass is 401 g/mol. The van der Waals surface area contributed by atoms with Gasteiger partial charge < -0.3 is 24.6 Å². The molecule has 7 heteroatoms. The van der Waals surface area contributed by atoms with Crippen molar-refractivity contribution in [1.29, 1.82) is 0 Å². The summed E-state index contributed by atoms with van der Waals surface area (Å²) in [5.74, 6) is -0.837. The predicted molar refractivity (Wildman–Crippen MR) is 107 cm³/mol. The molecule has 0 unspecified atom stereocenters. The first kappa shape index (κ1) is 20.8. The molecule has 0 radical (unpaired) electrons. The molecule has 1 aromatic rings. The summed E-state index contributed by atoms with van der Waals surface area (Å²) >= 11 is 0. The van der Waals surface area contributed by atoms with E-state index in [1.54, 1.807) is 26.0 Å². The zero-order valence-corrected chi connectivity index (χ0v) is 17.4. The zero-order chi connectivity index (χ0) is 21.3. The topological polar surface area (TPSA) is 94.1 Å². The maximum atomic E-state index is 13.0. The zero-order valence-electron chi connectivity index (χ0n) is 17.4. The van der Waals surface area contributed by atoms with E-state index < -0.39 is 11.9 Å². The molecule has 3 rings (SSSR count). The van der Waals surface area contributed by atoms with E-state index in [0.717, 1.165) is 18.5 Å². The van der Waals surface area contributed by atoms with Gasteiger partial charge in [0.05, 0.1) is 25.9 Å². The number of hydrogen-bond donors (Lipinski definition) is 2. The Hall–Kier alpha value is -2.96. The van der Waals surface area contributed by atoms with Crippen molar-refractivity contribution in [2.24, 2.45) is 0 Å². The number of ketones is 1. The number of aromatic hydroxyl groups is 1. The van der Waals surface area contributed by atoms with Crippen LogP contribution in [0.2, 0.25) is 0 Å². The number of esters is 1. The van der Waals surface area contributed by atoms with Gasteiger partial charge in [0.25, 0.3) is 0 Å². The quantitative estimate of drug-likeness (QED) is 0.731. The van der Waals surface area contributed by atoms with Crippen LogP contribution in [0.3, 0.4) is 0 Å². The van der Waals surface area contributed by atoms with Crippen LogP contribution in [0.15, 0.2) is 34.7 Å². The van der Waals surface area contributed by atoms with Gasteiger partial charge in [-0.25, -0.2) is 4.79 Å². The summed E-state index contributed by atoms with van der Waals surface area (Å²) in [6, 6.07) is 3.27. The highest BCUT2D eigenvalue weighted by molar-refractivity contribution is 6.03. The number of benzene rings is 1. The Kier molecular flexibility index (Phi) is 5.86. The van der Waals surface area contributed by atoms with E-state index in [0.29, 0.717) is 28.8 Å². The second-order valence-corrected chi connectivity index (χ2v) is 7.49. The summed E-state index contributed by atoms with van der Waals surface area (Å²) in [4.78, 5) is 25.9. The second kappa shape index (κ2) is 8.19. The first-order valence-electron chi connectivity index (χ1n) is 9.68. The summed E-state index contributed by atoms with van der Waals surface area (Å²) < 4.78 is 16.1. The van der Waals surface area contributed by atoms with Gasteiger partial charge in [-0.05, 0) is 51.3 Å². The lowest BCUT2D eigenvalue weighted by molar-refractivity contribution is -0.143. The number of dihydropyridines is 1. The Labute approximate surface area is 170 Å². The number of methoxy groups -OCH3 is 2. The molecule has 0 amide bonds. The van der Waals surface area contributed by atoms with Gasteiger partial charge in [-0.15, -0.1) is 0 Å². The first-order valence-corrected chi connectivity index (χ1v) is 9.68. The molecular formula is C22H27NO6. The number of Topliss-reactive ketones (excluding diaryl/α,β-unsaturated/α-hetero) is 1. The predicted octanol–water partition coefficient (Wildman–Crippen LogP) is 3.33. The molecule has 2 N–H and O–H groups in total. The average molecular weight is 401 g/mol. The third-order valence-corrected chi connectivity index (χ3v) is 5.17. The molecule has 1 aromatic carbocycles. The minimum Gasteiger partial charge on any atom is -0.502 e. The lowest BCUT2D eigenvalue weighted by Crippen LogP contribution is -2.35. The van der Waals surface area contributed by atoms with E-state index in [9.17, 15) is 14.7 Å². The van der Waals surface area contributed by atoms with Gasteiger partial charge in [0.2, 0.25) is 5.75 Å². The number of nitrogens with one attached hydrogen (secondary N) is 1. The molecule has 0 bridgehead atoms. The van der Waals surface area contributed by atoms with Crippen molar-refractivity contribution in [3.63, 3.8) is 0 Å².